The van der Waals surface area contributed by atoms with Gasteiger partial charge in [-0.2, -0.15) is 0 Å². The highest BCUT2D eigenvalue weighted by atomic mass is 19.1. The molecule has 7 heteroatoms. The van der Waals surface area contributed by atoms with Gasteiger partial charge in [0, 0.05) is 17.5 Å². The van der Waals surface area contributed by atoms with E-state index in [9.17, 15) is 9.18 Å². The zero-order valence-corrected chi connectivity index (χ0v) is 13.1. The fourth-order valence-electron chi connectivity index (χ4n) is 2.55. The van der Waals surface area contributed by atoms with E-state index < -0.39 is 0 Å². The Morgan fingerprint density at radius 2 is 2.17 bits per heavy atom. The van der Waals surface area contributed by atoms with E-state index in [1.54, 1.807) is 24.3 Å². The number of rotatable bonds is 4. The standard InChI is InChI=1S/C17H16FN5O/c1-10(20-17(24)11-6-7-11)16-21-15-8-14(19-9-23(15)22-16)12-4-2-3-5-13(12)18/h2-5,8-11H,6-7H2,1H3,(H,20,24)/t10-/m1/s1. The van der Waals surface area contributed by atoms with Crippen molar-refractivity contribution < 1.29 is 9.18 Å². The van der Waals surface area contributed by atoms with E-state index in [2.05, 4.69) is 20.4 Å². The van der Waals surface area contributed by atoms with Crippen LogP contribution >= 0.6 is 0 Å². The minimum absolute atomic E-state index is 0.0477. The van der Waals surface area contributed by atoms with E-state index in [1.807, 2.05) is 6.92 Å². The van der Waals surface area contributed by atoms with Gasteiger partial charge in [0.05, 0.1) is 11.7 Å². The molecule has 0 bridgehead atoms. The van der Waals surface area contributed by atoms with Gasteiger partial charge < -0.3 is 5.32 Å². The molecule has 2 aromatic heterocycles. The monoisotopic (exact) mass is 325 g/mol. The summed E-state index contributed by atoms with van der Waals surface area (Å²) >= 11 is 0. The van der Waals surface area contributed by atoms with Gasteiger partial charge in [0.1, 0.15) is 12.1 Å². The lowest BCUT2D eigenvalue weighted by Crippen LogP contribution is -2.28. The Morgan fingerprint density at radius 3 is 2.92 bits per heavy atom. The second kappa shape index (κ2) is 5.67. The first-order valence-electron chi connectivity index (χ1n) is 7.89. The van der Waals surface area contributed by atoms with Gasteiger partial charge in [-0.15, -0.1) is 5.10 Å². The van der Waals surface area contributed by atoms with Crippen LogP contribution in [0, 0.1) is 11.7 Å². The number of nitrogens with zero attached hydrogens (tertiary/aromatic N) is 4. The van der Waals surface area contributed by atoms with Crippen molar-refractivity contribution in [3.63, 3.8) is 0 Å². The molecule has 0 saturated heterocycles. The number of benzene rings is 1. The quantitative estimate of drug-likeness (QED) is 0.800. The zero-order chi connectivity index (χ0) is 16.7. The molecule has 1 amide bonds. The third-order valence-electron chi connectivity index (χ3n) is 4.09. The van der Waals surface area contributed by atoms with Gasteiger partial charge >= 0.3 is 0 Å². The number of hydrogen-bond acceptors (Lipinski definition) is 4. The van der Waals surface area contributed by atoms with Crippen molar-refractivity contribution >= 4 is 11.6 Å². The van der Waals surface area contributed by atoms with E-state index in [0.29, 0.717) is 22.7 Å². The number of fused-ring (bicyclic) bond motifs is 1. The summed E-state index contributed by atoms with van der Waals surface area (Å²) in [4.78, 5) is 20.5. The number of carbonyl (C=O) groups excluding carboxylic acids is 1. The molecule has 1 N–H and O–H groups in total. The predicted octanol–water partition coefficient (Wildman–Crippen LogP) is 2.52. The molecular weight excluding hydrogens is 309 g/mol. The lowest BCUT2D eigenvalue weighted by molar-refractivity contribution is -0.123. The number of nitrogens with one attached hydrogen (secondary N) is 1. The highest BCUT2D eigenvalue weighted by Crippen LogP contribution is 2.29. The van der Waals surface area contributed by atoms with Gasteiger partial charge in [0.25, 0.3) is 0 Å². The first-order chi connectivity index (χ1) is 11.6. The van der Waals surface area contributed by atoms with Gasteiger partial charge in [0.15, 0.2) is 11.5 Å². The van der Waals surface area contributed by atoms with Crippen LogP contribution in [0.3, 0.4) is 0 Å². The molecule has 1 aliphatic carbocycles. The van der Waals surface area contributed by atoms with Crippen molar-refractivity contribution in [2.45, 2.75) is 25.8 Å². The molecule has 1 saturated carbocycles. The molecule has 1 fully saturated rings. The molecule has 3 aromatic rings. The van der Waals surface area contributed by atoms with E-state index in [0.717, 1.165) is 12.8 Å². The zero-order valence-electron chi connectivity index (χ0n) is 13.1. The van der Waals surface area contributed by atoms with Crippen LogP contribution in [0.4, 0.5) is 4.39 Å². The summed E-state index contributed by atoms with van der Waals surface area (Å²) in [5, 5.41) is 7.25. The molecule has 0 radical (unpaired) electrons. The molecule has 0 spiro atoms. The van der Waals surface area contributed by atoms with Gasteiger partial charge in [0.2, 0.25) is 5.91 Å². The number of halogens is 1. The molecule has 6 nitrogen and oxygen atoms in total. The lowest BCUT2D eigenvalue weighted by Gasteiger charge is -2.09. The number of carbonyl (C=O) groups is 1. The second-order valence-electron chi connectivity index (χ2n) is 6.03. The van der Waals surface area contributed by atoms with Crippen molar-refractivity contribution in [2.24, 2.45) is 5.92 Å². The molecule has 1 atom stereocenters. The topological polar surface area (TPSA) is 72.2 Å². The van der Waals surface area contributed by atoms with Crippen LogP contribution in [-0.4, -0.2) is 25.5 Å². The summed E-state index contributed by atoms with van der Waals surface area (Å²) in [6.07, 6.45) is 3.41. The van der Waals surface area contributed by atoms with Gasteiger partial charge in [-0.25, -0.2) is 18.9 Å². The fraction of sp³-hybridized carbons (Fsp3) is 0.294. The van der Waals surface area contributed by atoms with Crippen LogP contribution in [0.1, 0.15) is 31.6 Å². The Bertz CT molecular complexity index is 918. The van der Waals surface area contributed by atoms with Gasteiger partial charge in [-0.1, -0.05) is 12.1 Å². The normalized spacial score (nSPS) is 15.4. The molecular formula is C17H16FN5O. The molecule has 1 aromatic carbocycles. The minimum atomic E-state index is -0.334. The SMILES string of the molecule is C[C@@H](NC(=O)C1CC1)c1nc2cc(-c3ccccc3F)ncn2n1. The molecule has 4 rings (SSSR count). The van der Waals surface area contributed by atoms with Crippen molar-refractivity contribution in [1.82, 2.24) is 24.9 Å². The maximum Gasteiger partial charge on any atom is 0.223 e. The smallest absolute Gasteiger partial charge is 0.223 e. The summed E-state index contributed by atoms with van der Waals surface area (Å²) in [5.74, 6) is 0.362. The Balaban J connectivity index is 1.63. The largest absolute Gasteiger partial charge is 0.346 e. The molecule has 0 unspecified atom stereocenters. The maximum atomic E-state index is 13.9. The van der Waals surface area contributed by atoms with Crippen LogP contribution in [0.25, 0.3) is 16.9 Å². The molecule has 1 aliphatic rings. The summed E-state index contributed by atoms with van der Waals surface area (Å²) in [6.45, 7) is 1.85. The average Bonchev–Trinajstić information content (AvgIpc) is 3.34. The second-order valence-corrected chi connectivity index (χ2v) is 6.03. The first-order valence-corrected chi connectivity index (χ1v) is 7.89. The highest BCUT2D eigenvalue weighted by Gasteiger charge is 2.31. The minimum Gasteiger partial charge on any atom is -0.346 e. The molecule has 24 heavy (non-hydrogen) atoms. The Hall–Kier alpha value is -2.83. The summed E-state index contributed by atoms with van der Waals surface area (Å²) in [5.41, 5.74) is 1.47. The van der Waals surface area contributed by atoms with Crippen molar-refractivity contribution in [2.75, 3.05) is 0 Å². The predicted molar refractivity (Wildman–Crippen MR) is 85.5 cm³/mol. The Labute approximate surface area is 137 Å². The van der Waals surface area contributed by atoms with E-state index in [4.69, 9.17) is 0 Å². The third kappa shape index (κ3) is 2.73. The van der Waals surface area contributed by atoms with Crippen molar-refractivity contribution in [3.8, 4) is 11.3 Å². The lowest BCUT2D eigenvalue weighted by atomic mass is 10.1. The Morgan fingerprint density at radius 1 is 1.38 bits per heavy atom. The van der Waals surface area contributed by atoms with Crippen LogP contribution in [0.15, 0.2) is 36.7 Å². The van der Waals surface area contributed by atoms with Gasteiger partial charge in [-0.3, -0.25) is 4.79 Å². The van der Waals surface area contributed by atoms with Crippen molar-refractivity contribution in [3.05, 3.63) is 48.3 Å². The summed E-state index contributed by atoms with van der Waals surface area (Å²) in [7, 11) is 0. The highest BCUT2D eigenvalue weighted by molar-refractivity contribution is 5.81. The third-order valence-corrected chi connectivity index (χ3v) is 4.09. The number of aromatic nitrogens is 4. The van der Waals surface area contributed by atoms with Gasteiger partial charge in [-0.05, 0) is 31.9 Å². The molecule has 2 heterocycles. The maximum absolute atomic E-state index is 13.9. The number of hydrogen-bond donors (Lipinski definition) is 1. The van der Waals surface area contributed by atoms with Crippen LogP contribution in [0.2, 0.25) is 0 Å². The first kappa shape index (κ1) is 14.7. The van der Waals surface area contributed by atoms with Crippen LogP contribution in [-0.2, 0) is 4.79 Å². The van der Waals surface area contributed by atoms with Crippen LogP contribution in [0.5, 0.6) is 0 Å². The summed E-state index contributed by atoms with van der Waals surface area (Å²) in [6, 6.07) is 7.86. The van der Waals surface area contributed by atoms with E-state index in [1.165, 1.54) is 16.9 Å². The number of amides is 1. The van der Waals surface area contributed by atoms with E-state index in [-0.39, 0.29) is 23.7 Å². The average molecular weight is 325 g/mol. The fourth-order valence-corrected chi connectivity index (χ4v) is 2.55. The van der Waals surface area contributed by atoms with E-state index >= 15 is 0 Å². The molecule has 0 aliphatic heterocycles. The summed E-state index contributed by atoms with van der Waals surface area (Å²) < 4.78 is 15.4. The van der Waals surface area contributed by atoms with Crippen LogP contribution < -0.4 is 5.32 Å². The Kier molecular flexibility index (Phi) is 3.48. The molecule has 122 valence electrons. The van der Waals surface area contributed by atoms with Crippen molar-refractivity contribution in [1.29, 1.82) is 0 Å².